The predicted octanol–water partition coefficient (Wildman–Crippen LogP) is -0.453. The van der Waals surface area contributed by atoms with Gasteiger partial charge in [-0.25, -0.2) is 0 Å². The molecule has 0 aromatic carbocycles. The van der Waals surface area contributed by atoms with Crippen molar-refractivity contribution in [1.82, 2.24) is 10.3 Å². The zero-order chi connectivity index (χ0) is 19.1. The van der Waals surface area contributed by atoms with Crippen molar-refractivity contribution in [2.75, 3.05) is 19.7 Å². The van der Waals surface area contributed by atoms with Gasteiger partial charge >= 0.3 is 5.97 Å². The maximum atomic E-state index is 11.3. The first kappa shape index (κ1) is 22.2. The van der Waals surface area contributed by atoms with E-state index in [1.54, 1.807) is 18.3 Å². The largest absolute Gasteiger partial charge is 0.480 e. The molecule has 0 saturated heterocycles. The van der Waals surface area contributed by atoms with Crippen LogP contribution in [0.25, 0.3) is 0 Å². The molecule has 140 valence electrons. The van der Waals surface area contributed by atoms with E-state index in [1.165, 1.54) is 6.20 Å². The minimum absolute atomic E-state index is 0.0781. The lowest BCUT2D eigenvalue weighted by Crippen LogP contribution is -2.29. The summed E-state index contributed by atoms with van der Waals surface area (Å²) in [6.07, 6.45) is 5.12. The minimum atomic E-state index is -0.933. The number of unbranched alkanes of at least 4 members (excludes halogenated alkanes) is 1. The minimum Gasteiger partial charge on any atom is -0.480 e. The van der Waals surface area contributed by atoms with Crippen molar-refractivity contribution < 1.29 is 24.6 Å². The number of aliphatic carboxylic acids is 1. The van der Waals surface area contributed by atoms with Gasteiger partial charge < -0.3 is 26.7 Å². The zero-order valence-corrected chi connectivity index (χ0v) is 13.7. The van der Waals surface area contributed by atoms with E-state index in [0.717, 1.165) is 12.8 Å². The van der Waals surface area contributed by atoms with E-state index in [4.69, 9.17) is 16.6 Å². The number of hydrogen-bond acceptors (Lipinski definition) is 8. The van der Waals surface area contributed by atoms with Crippen LogP contribution < -0.4 is 16.8 Å². The molecule has 25 heavy (non-hydrogen) atoms. The van der Waals surface area contributed by atoms with Crippen LogP contribution in [0.2, 0.25) is 0 Å². The topological polar surface area (TPSA) is 184 Å². The molecule has 0 spiro atoms. The van der Waals surface area contributed by atoms with Crippen LogP contribution in [0, 0.1) is 10.1 Å². The van der Waals surface area contributed by atoms with Crippen molar-refractivity contribution in [2.24, 2.45) is 11.5 Å². The molecule has 1 amide bonds. The molecule has 0 aliphatic rings. The second kappa shape index (κ2) is 13.6. The third kappa shape index (κ3) is 12.3. The summed E-state index contributed by atoms with van der Waals surface area (Å²) >= 11 is 0. The first-order chi connectivity index (χ1) is 11.9. The maximum Gasteiger partial charge on any atom is 0.320 e. The summed E-state index contributed by atoms with van der Waals surface area (Å²) < 4.78 is 0. The summed E-state index contributed by atoms with van der Waals surface area (Å²) in [5, 5.41) is 19.6. The fourth-order valence-corrected chi connectivity index (χ4v) is 1.52. The third-order valence-electron chi connectivity index (χ3n) is 2.79. The van der Waals surface area contributed by atoms with Gasteiger partial charge in [0, 0.05) is 18.9 Å². The van der Waals surface area contributed by atoms with Crippen LogP contribution >= 0.6 is 0 Å². The lowest BCUT2D eigenvalue weighted by molar-refractivity contribution is -0.757. The van der Waals surface area contributed by atoms with Crippen molar-refractivity contribution in [1.29, 1.82) is 0 Å². The highest BCUT2D eigenvalue weighted by atomic mass is 16.9. The van der Waals surface area contributed by atoms with Gasteiger partial charge in [0.05, 0.1) is 5.56 Å². The van der Waals surface area contributed by atoms with E-state index in [2.05, 4.69) is 15.1 Å². The van der Waals surface area contributed by atoms with Gasteiger partial charge in [-0.1, -0.05) is 6.42 Å². The van der Waals surface area contributed by atoms with Gasteiger partial charge in [-0.15, -0.1) is 10.1 Å². The van der Waals surface area contributed by atoms with Crippen molar-refractivity contribution in [3.63, 3.8) is 0 Å². The van der Waals surface area contributed by atoms with Crippen molar-refractivity contribution in [2.45, 2.75) is 25.3 Å². The summed E-state index contributed by atoms with van der Waals surface area (Å²) in [5.74, 6) is -1.27. The lowest BCUT2D eigenvalue weighted by atomic mass is 10.1. The molecule has 0 aliphatic heterocycles. The number of nitrogens with one attached hydrogen (secondary N) is 1. The van der Waals surface area contributed by atoms with Crippen LogP contribution in [0.4, 0.5) is 0 Å². The molecule has 0 radical (unpaired) electrons. The number of nitrogens with two attached hydrogens (primary N) is 2. The van der Waals surface area contributed by atoms with E-state index >= 15 is 0 Å². The number of aromatic nitrogens is 1. The van der Waals surface area contributed by atoms with Crippen LogP contribution in [0.1, 0.15) is 29.6 Å². The van der Waals surface area contributed by atoms with Crippen molar-refractivity contribution >= 4 is 11.9 Å². The summed E-state index contributed by atoms with van der Waals surface area (Å²) in [6, 6.07) is 2.51. The number of pyridine rings is 1. The molecule has 0 bridgehead atoms. The average molecular weight is 357 g/mol. The van der Waals surface area contributed by atoms with Gasteiger partial charge in [0.1, 0.15) is 12.6 Å². The highest BCUT2D eigenvalue weighted by Gasteiger charge is 2.09. The van der Waals surface area contributed by atoms with E-state index in [1.807, 2.05) is 0 Å². The van der Waals surface area contributed by atoms with Crippen LogP contribution in [0.15, 0.2) is 24.5 Å². The maximum absolute atomic E-state index is 11.3. The van der Waals surface area contributed by atoms with E-state index in [-0.39, 0.29) is 19.1 Å². The molecule has 1 aromatic heterocycles. The predicted molar refractivity (Wildman–Crippen MR) is 88.0 cm³/mol. The van der Waals surface area contributed by atoms with E-state index < -0.39 is 17.1 Å². The Morgan fingerprint density at radius 1 is 1.44 bits per heavy atom. The molecule has 1 aromatic rings. The molecule has 1 unspecified atom stereocenters. The first-order valence-electron chi connectivity index (χ1n) is 7.52. The standard InChI is InChI=1S/C8H9N3O4.C6H14N2O2/c12-8(7-2-1-3-9-6-7)10-4-5-15-11(13)14;7-4-2-1-3-5(8)6(9)10/h1-3,6H,4-5H2,(H,10,12);5H,1-4,7-8H2,(H,9,10). The number of nitrogens with zero attached hydrogens (tertiary/aromatic N) is 2. The Labute approximate surface area is 144 Å². The van der Waals surface area contributed by atoms with E-state index in [0.29, 0.717) is 18.5 Å². The van der Waals surface area contributed by atoms with Crippen LogP contribution in [0.5, 0.6) is 0 Å². The lowest BCUT2D eigenvalue weighted by Gasteiger charge is -2.03. The number of carbonyl (C=O) groups is 2. The number of hydrogen-bond donors (Lipinski definition) is 4. The summed E-state index contributed by atoms with van der Waals surface area (Å²) in [5.41, 5.74) is 10.8. The SMILES string of the molecule is NCCCCC(N)C(=O)O.O=C(NCCO[N+](=O)[O-])c1cccnc1. The Morgan fingerprint density at radius 2 is 2.16 bits per heavy atom. The average Bonchev–Trinajstić information content (AvgIpc) is 2.59. The number of carboxylic acid groups (broad SMARTS) is 1. The molecule has 11 heteroatoms. The molecule has 11 nitrogen and oxygen atoms in total. The fraction of sp³-hybridized carbons (Fsp3) is 0.500. The molecule has 0 fully saturated rings. The van der Waals surface area contributed by atoms with Crippen LogP contribution in [0.3, 0.4) is 0 Å². The number of rotatable bonds is 10. The van der Waals surface area contributed by atoms with Crippen LogP contribution in [-0.2, 0) is 9.63 Å². The van der Waals surface area contributed by atoms with E-state index in [9.17, 15) is 19.7 Å². The summed E-state index contributed by atoms with van der Waals surface area (Å²) in [6.45, 7) is 0.514. The Kier molecular flexibility index (Phi) is 12.1. The van der Waals surface area contributed by atoms with Crippen molar-refractivity contribution in [3.05, 3.63) is 40.2 Å². The van der Waals surface area contributed by atoms with Gasteiger partial charge in [-0.3, -0.25) is 14.6 Å². The fourth-order valence-electron chi connectivity index (χ4n) is 1.52. The molecule has 1 heterocycles. The number of carboxylic acids is 1. The monoisotopic (exact) mass is 357 g/mol. The Balaban J connectivity index is 0.000000504. The van der Waals surface area contributed by atoms with Gasteiger partial charge in [0.2, 0.25) is 0 Å². The molecule has 1 rings (SSSR count). The Hall–Kier alpha value is -2.79. The van der Waals surface area contributed by atoms with Gasteiger partial charge in [0.15, 0.2) is 0 Å². The first-order valence-corrected chi connectivity index (χ1v) is 7.52. The van der Waals surface area contributed by atoms with Crippen molar-refractivity contribution in [3.8, 4) is 0 Å². The highest BCUT2D eigenvalue weighted by Crippen LogP contribution is 1.97. The van der Waals surface area contributed by atoms with Crippen LogP contribution in [-0.4, -0.2) is 52.8 Å². The second-order valence-corrected chi connectivity index (χ2v) is 4.78. The van der Waals surface area contributed by atoms with Gasteiger partial charge in [-0.2, -0.15) is 0 Å². The summed E-state index contributed by atoms with van der Waals surface area (Å²) in [4.78, 5) is 39.0. The third-order valence-corrected chi connectivity index (χ3v) is 2.79. The van der Waals surface area contributed by atoms with Gasteiger partial charge in [-0.05, 0) is 31.5 Å². The number of amides is 1. The second-order valence-electron chi connectivity index (χ2n) is 4.78. The molecular formula is C14H23N5O6. The molecule has 0 saturated carbocycles. The molecular weight excluding hydrogens is 334 g/mol. The molecule has 0 aliphatic carbocycles. The highest BCUT2D eigenvalue weighted by molar-refractivity contribution is 5.93. The smallest absolute Gasteiger partial charge is 0.320 e. The molecule has 1 atom stereocenters. The Morgan fingerprint density at radius 3 is 2.68 bits per heavy atom. The molecule has 6 N–H and O–H groups in total. The quantitative estimate of drug-likeness (QED) is 0.244. The normalized spacial score (nSPS) is 10.8. The Bertz CT molecular complexity index is 528. The summed E-state index contributed by atoms with van der Waals surface area (Å²) in [7, 11) is 0. The van der Waals surface area contributed by atoms with Gasteiger partial charge in [0.25, 0.3) is 11.0 Å². The zero-order valence-electron chi connectivity index (χ0n) is 13.7. The number of carbonyl (C=O) groups excluding carboxylic acids is 1.